The molecule has 2 rings (SSSR count). The highest BCUT2D eigenvalue weighted by Crippen LogP contribution is 2.23. The van der Waals surface area contributed by atoms with Gasteiger partial charge in [-0.15, -0.1) is 0 Å². The van der Waals surface area contributed by atoms with Crippen LogP contribution in [0.2, 0.25) is 0 Å². The number of nitrogens with zero attached hydrogens (tertiary/aromatic N) is 1. The van der Waals surface area contributed by atoms with Crippen LogP contribution in [-0.2, 0) is 14.6 Å². The highest BCUT2D eigenvalue weighted by Gasteiger charge is 2.22. The molecule has 0 saturated carbocycles. The van der Waals surface area contributed by atoms with Gasteiger partial charge in [0.25, 0.3) is 0 Å². The summed E-state index contributed by atoms with van der Waals surface area (Å²) in [6, 6.07) is 7.37. The first-order valence-corrected chi connectivity index (χ1v) is 7.75. The lowest BCUT2D eigenvalue weighted by molar-refractivity contribution is -0.131. The van der Waals surface area contributed by atoms with Crippen molar-refractivity contribution in [3.8, 4) is 0 Å². The first-order valence-electron chi connectivity index (χ1n) is 5.93. The monoisotopic (exact) mass is 281 g/mol. The zero-order valence-electron chi connectivity index (χ0n) is 10.3. The molecular formula is C13H15NO4S. The van der Waals surface area contributed by atoms with E-state index in [-0.39, 0.29) is 11.5 Å². The Labute approximate surface area is 112 Å². The number of rotatable bonds is 3. The molecule has 1 N–H and O–H groups in total. The molecule has 1 aromatic rings. The Morgan fingerprint density at radius 3 is 2.47 bits per heavy atom. The summed E-state index contributed by atoms with van der Waals surface area (Å²) in [6.07, 6.45) is 2.61. The molecule has 1 heterocycles. The van der Waals surface area contributed by atoms with Gasteiger partial charge < -0.3 is 10.0 Å². The molecule has 0 aliphatic carbocycles. The van der Waals surface area contributed by atoms with E-state index in [1.807, 2.05) is 29.2 Å². The lowest BCUT2D eigenvalue weighted by Crippen LogP contribution is -2.40. The van der Waals surface area contributed by atoms with E-state index in [1.54, 1.807) is 0 Å². The van der Waals surface area contributed by atoms with Crippen LogP contribution < -0.4 is 4.90 Å². The van der Waals surface area contributed by atoms with Crippen LogP contribution >= 0.6 is 0 Å². The van der Waals surface area contributed by atoms with Crippen LogP contribution in [0.1, 0.15) is 5.56 Å². The van der Waals surface area contributed by atoms with E-state index in [4.69, 9.17) is 5.11 Å². The van der Waals surface area contributed by atoms with E-state index >= 15 is 0 Å². The van der Waals surface area contributed by atoms with Crippen LogP contribution in [-0.4, -0.2) is 44.1 Å². The number of anilines is 1. The smallest absolute Gasteiger partial charge is 0.328 e. The Morgan fingerprint density at radius 2 is 1.84 bits per heavy atom. The van der Waals surface area contributed by atoms with Gasteiger partial charge in [0.05, 0.1) is 11.5 Å². The van der Waals surface area contributed by atoms with Gasteiger partial charge in [-0.3, -0.25) is 0 Å². The third-order valence-electron chi connectivity index (χ3n) is 3.03. The summed E-state index contributed by atoms with van der Waals surface area (Å²) >= 11 is 0. The van der Waals surface area contributed by atoms with Crippen LogP contribution in [0.25, 0.3) is 6.08 Å². The normalized spacial score (nSPS) is 18.6. The van der Waals surface area contributed by atoms with Crippen molar-refractivity contribution in [2.45, 2.75) is 0 Å². The largest absolute Gasteiger partial charge is 0.478 e. The molecular weight excluding hydrogens is 266 g/mol. The molecule has 0 atom stereocenters. The molecule has 6 heteroatoms. The van der Waals surface area contributed by atoms with Gasteiger partial charge >= 0.3 is 5.97 Å². The number of hydrogen-bond donors (Lipinski definition) is 1. The van der Waals surface area contributed by atoms with E-state index in [1.165, 1.54) is 6.08 Å². The number of hydrogen-bond acceptors (Lipinski definition) is 4. The van der Waals surface area contributed by atoms with Gasteiger partial charge in [0, 0.05) is 24.9 Å². The maximum atomic E-state index is 11.4. The van der Waals surface area contributed by atoms with Gasteiger partial charge in [-0.05, 0) is 17.7 Å². The Hall–Kier alpha value is -1.82. The number of carboxylic acid groups (broad SMARTS) is 1. The molecule has 0 amide bonds. The Kier molecular flexibility index (Phi) is 3.90. The Balaban J connectivity index is 2.23. The summed E-state index contributed by atoms with van der Waals surface area (Å²) in [5.41, 5.74) is 1.65. The van der Waals surface area contributed by atoms with Crippen molar-refractivity contribution in [1.29, 1.82) is 0 Å². The van der Waals surface area contributed by atoms with E-state index in [0.29, 0.717) is 13.1 Å². The van der Waals surface area contributed by atoms with Gasteiger partial charge in [0.1, 0.15) is 0 Å². The van der Waals surface area contributed by atoms with E-state index in [0.717, 1.165) is 17.3 Å². The zero-order chi connectivity index (χ0) is 13.9. The fourth-order valence-corrected chi connectivity index (χ4v) is 3.23. The molecule has 1 aromatic carbocycles. The third-order valence-corrected chi connectivity index (χ3v) is 4.64. The van der Waals surface area contributed by atoms with Crippen molar-refractivity contribution in [1.82, 2.24) is 0 Å². The lowest BCUT2D eigenvalue weighted by Gasteiger charge is -2.30. The topological polar surface area (TPSA) is 74.7 Å². The third kappa shape index (κ3) is 3.57. The van der Waals surface area contributed by atoms with Crippen molar-refractivity contribution in [3.05, 3.63) is 35.9 Å². The summed E-state index contributed by atoms with van der Waals surface area (Å²) in [6.45, 7) is 0.889. The Bertz CT molecular complexity index is 593. The van der Waals surface area contributed by atoms with Gasteiger partial charge in [0.15, 0.2) is 9.84 Å². The summed E-state index contributed by atoms with van der Waals surface area (Å²) < 4.78 is 22.8. The number of para-hydroxylation sites is 1. The molecule has 0 radical (unpaired) electrons. The van der Waals surface area contributed by atoms with Gasteiger partial charge in [-0.25, -0.2) is 13.2 Å². The quantitative estimate of drug-likeness (QED) is 0.837. The van der Waals surface area contributed by atoms with Gasteiger partial charge in [-0.1, -0.05) is 18.2 Å². The Morgan fingerprint density at radius 1 is 1.21 bits per heavy atom. The van der Waals surface area contributed by atoms with Gasteiger partial charge in [0.2, 0.25) is 0 Å². The fourth-order valence-electron chi connectivity index (χ4n) is 2.03. The second-order valence-corrected chi connectivity index (χ2v) is 6.67. The van der Waals surface area contributed by atoms with E-state index in [9.17, 15) is 13.2 Å². The number of carbonyl (C=O) groups is 1. The molecule has 0 aromatic heterocycles. The first-order chi connectivity index (χ1) is 8.98. The molecule has 1 aliphatic heterocycles. The fraction of sp³-hybridized carbons (Fsp3) is 0.308. The average Bonchev–Trinajstić information content (AvgIpc) is 2.37. The second kappa shape index (κ2) is 5.44. The summed E-state index contributed by atoms with van der Waals surface area (Å²) in [4.78, 5) is 12.5. The molecule has 1 fully saturated rings. The maximum absolute atomic E-state index is 11.4. The molecule has 1 aliphatic rings. The van der Waals surface area contributed by atoms with Crippen LogP contribution in [0.3, 0.4) is 0 Å². The standard InChI is InChI=1S/C13H15NO4S/c15-13(16)6-5-11-3-1-2-4-12(11)14-7-9-19(17,18)10-8-14/h1-6H,7-10H2,(H,15,16)/b6-5+. The minimum atomic E-state index is -2.92. The van der Waals surface area contributed by atoms with Crippen molar-refractivity contribution in [2.24, 2.45) is 0 Å². The molecule has 102 valence electrons. The predicted molar refractivity (Wildman–Crippen MR) is 74.0 cm³/mol. The molecule has 5 nitrogen and oxygen atoms in total. The molecule has 1 saturated heterocycles. The van der Waals surface area contributed by atoms with Crippen LogP contribution in [0.4, 0.5) is 5.69 Å². The summed E-state index contributed by atoms with van der Waals surface area (Å²) in [5, 5.41) is 8.66. The zero-order valence-corrected chi connectivity index (χ0v) is 11.1. The summed E-state index contributed by atoms with van der Waals surface area (Å²) in [7, 11) is -2.92. The minimum Gasteiger partial charge on any atom is -0.478 e. The molecule has 19 heavy (non-hydrogen) atoms. The van der Waals surface area contributed by atoms with E-state index in [2.05, 4.69) is 0 Å². The minimum absolute atomic E-state index is 0.143. The highest BCUT2D eigenvalue weighted by atomic mass is 32.2. The van der Waals surface area contributed by atoms with E-state index < -0.39 is 15.8 Å². The molecule has 0 bridgehead atoms. The number of aliphatic carboxylic acids is 1. The first kappa shape index (κ1) is 13.6. The SMILES string of the molecule is O=C(O)/C=C/c1ccccc1N1CCS(=O)(=O)CC1. The highest BCUT2D eigenvalue weighted by molar-refractivity contribution is 7.91. The van der Waals surface area contributed by atoms with Crippen LogP contribution in [0.5, 0.6) is 0 Å². The van der Waals surface area contributed by atoms with Crippen molar-refractivity contribution in [2.75, 3.05) is 29.5 Å². The number of benzene rings is 1. The average molecular weight is 281 g/mol. The maximum Gasteiger partial charge on any atom is 0.328 e. The van der Waals surface area contributed by atoms with Crippen LogP contribution in [0, 0.1) is 0 Å². The van der Waals surface area contributed by atoms with Crippen LogP contribution in [0.15, 0.2) is 30.3 Å². The summed E-state index contributed by atoms with van der Waals surface area (Å²) in [5.74, 6) is -0.718. The lowest BCUT2D eigenvalue weighted by atomic mass is 10.1. The van der Waals surface area contributed by atoms with Gasteiger partial charge in [-0.2, -0.15) is 0 Å². The van der Waals surface area contributed by atoms with Crippen molar-refractivity contribution >= 4 is 27.6 Å². The van der Waals surface area contributed by atoms with Crippen molar-refractivity contribution < 1.29 is 18.3 Å². The van der Waals surface area contributed by atoms with Crippen molar-refractivity contribution in [3.63, 3.8) is 0 Å². The molecule has 0 unspecified atom stereocenters. The number of carboxylic acids is 1. The predicted octanol–water partition coefficient (Wildman–Crippen LogP) is 1.02. The second-order valence-electron chi connectivity index (χ2n) is 4.37. The molecule has 0 spiro atoms. The number of sulfone groups is 1.